The zero-order valence-electron chi connectivity index (χ0n) is 10.4. The van der Waals surface area contributed by atoms with Crippen molar-refractivity contribution in [3.63, 3.8) is 0 Å². The molecule has 0 aliphatic carbocycles. The number of rotatable bonds is 5. The van der Waals surface area contributed by atoms with E-state index in [2.05, 4.69) is 30.8 Å². The average molecular weight is 214 g/mol. The quantitative estimate of drug-likeness (QED) is 0.740. The van der Waals surface area contributed by atoms with Crippen LogP contribution in [0.2, 0.25) is 0 Å². The van der Waals surface area contributed by atoms with E-state index < -0.39 is 0 Å². The van der Waals surface area contributed by atoms with E-state index in [9.17, 15) is 5.11 Å². The summed E-state index contributed by atoms with van der Waals surface area (Å²) in [5.74, 6) is 0.498. The first-order chi connectivity index (χ1) is 7.13. The van der Waals surface area contributed by atoms with E-state index in [0.29, 0.717) is 5.92 Å². The lowest BCUT2D eigenvalue weighted by molar-refractivity contribution is 0.0243. The maximum atomic E-state index is 9.77. The van der Waals surface area contributed by atoms with E-state index in [4.69, 9.17) is 0 Å². The van der Waals surface area contributed by atoms with Crippen LogP contribution in [0.3, 0.4) is 0 Å². The van der Waals surface area contributed by atoms with Crippen molar-refractivity contribution in [1.29, 1.82) is 0 Å². The third-order valence-electron chi connectivity index (χ3n) is 3.38. The molecule has 1 heterocycles. The molecular weight excluding hydrogens is 188 g/mol. The third-order valence-corrected chi connectivity index (χ3v) is 3.38. The minimum absolute atomic E-state index is 0.0555. The first kappa shape index (κ1) is 12.9. The first-order valence-corrected chi connectivity index (χ1v) is 6.18. The summed E-state index contributed by atoms with van der Waals surface area (Å²) in [5.41, 5.74) is 0. The monoisotopic (exact) mass is 214 g/mol. The van der Waals surface area contributed by atoms with E-state index in [1.807, 2.05) is 0 Å². The van der Waals surface area contributed by atoms with Crippen LogP contribution in [0.25, 0.3) is 0 Å². The summed E-state index contributed by atoms with van der Waals surface area (Å²) in [6, 6.07) is 0. The second-order valence-electron chi connectivity index (χ2n) is 4.98. The van der Waals surface area contributed by atoms with Crippen molar-refractivity contribution in [3.8, 4) is 0 Å². The predicted molar refractivity (Wildman–Crippen MR) is 64.0 cm³/mol. The smallest absolute Gasteiger partial charge is 0.0592 e. The molecule has 2 atom stereocenters. The van der Waals surface area contributed by atoms with Gasteiger partial charge in [-0.25, -0.2) is 0 Å². The average Bonchev–Trinajstić information content (AvgIpc) is 2.20. The zero-order chi connectivity index (χ0) is 11.3. The highest BCUT2D eigenvalue weighted by Crippen LogP contribution is 2.19. The van der Waals surface area contributed by atoms with Crippen LogP contribution < -0.4 is 0 Å². The number of nitrogens with zero attached hydrogens (tertiary/aromatic N) is 2. The minimum Gasteiger partial charge on any atom is -0.393 e. The van der Waals surface area contributed by atoms with Crippen LogP contribution >= 0.6 is 0 Å². The van der Waals surface area contributed by atoms with Crippen molar-refractivity contribution in [3.05, 3.63) is 0 Å². The molecule has 0 spiro atoms. The summed E-state index contributed by atoms with van der Waals surface area (Å²) < 4.78 is 0. The highest BCUT2D eigenvalue weighted by Gasteiger charge is 2.25. The van der Waals surface area contributed by atoms with Gasteiger partial charge in [0.15, 0.2) is 0 Å². The number of aliphatic hydroxyl groups is 1. The van der Waals surface area contributed by atoms with Crippen LogP contribution in [0.4, 0.5) is 0 Å². The van der Waals surface area contributed by atoms with E-state index in [1.54, 1.807) is 0 Å². The summed E-state index contributed by atoms with van der Waals surface area (Å²) in [7, 11) is 4.24. The SMILES string of the molecule is CCC1CN(CCCN(C)C)CCC1O. The fourth-order valence-corrected chi connectivity index (χ4v) is 2.31. The van der Waals surface area contributed by atoms with Gasteiger partial charge in [-0.1, -0.05) is 6.92 Å². The Bertz CT molecular complexity index is 173. The molecule has 15 heavy (non-hydrogen) atoms. The Morgan fingerprint density at radius 3 is 2.73 bits per heavy atom. The highest BCUT2D eigenvalue weighted by atomic mass is 16.3. The molecule has 3 nitrogen and oxygen atoms in total. The van der Waals surface area contributed by atoms with Crippen LogP contribution in [-0.2, 0) is 0 Å². The molecule has 1 rings (SSSR count). The van der Waals surface area contributed by atoms with Gasteiger partial charge in [-0.3, -0.25) is 0 Å². The number of piperidine rings is 1. The Labute approximate surface area is 94.1 Å². The molecule has 0 amide bonds. The van der Waals surface area contributed by atoms with Gasteiger partial charge in [0.05, 0.1) is 6.10 Å². The van der Waals surface area contributed by atoms with Gasteiger partial charge in [-0.05, 0) is 52.4 Å². The van der Waals surface area contributed by atoms with Crippen molar-refractivity contribution in [2.45, 2.75) is 32.3 Å². The molecule has 0 aromatic rings. The van der Waals surface area contributed by atoms with Gasteiger partial charge in [0, 0.05) is 13.1 Å². The van der Waals surface area contributed by atoms with E-state index in [-0.39, 0.29) is 6.10 Å². The molecule has 0 aromatic heterocycles. The summed E-state index contributed by atoms with van der Waals surface area (Å²) in [6.45, 7) is 6.69. The largest absolute Gasteiger partial charge is 0.393 e. The molecule has 0 saturated carbocycles. The van der Waals surface area contributed by atoms with Gasteiger partial charge >= 0.3 is 0 Å². The van der Waals surface area contributed by atoms with Gasteiger partial charge in [0.25, 0.3) is 0 Å². The highest BCUT2D eigenvalue weighted by molar-refractivity contribution is 4.79. The van der Waals surface area contributed by atoms with Gasteiger partial charge in [-0.2, -0.15) is 0 Å². The Hall–Kier alpha value is -0.120. The molecule has 0 aromatic carbocycles. The summed E-state index contributed by atoms with van der Waals surface area (Å²) in [6.07, 6.45) is 3.24. The standard InChI is InChI=1S/C12H26N2O/c1-4-11-10-14(9-6-12(11)15)8-5-7-13(2)3/h11-12,15H,4-10H2,1-3H3. The maximum Gasteiger partial charge on any atom is 0.0592 e. The van der Waals surface area contributed by atoms with Gasteiger partial charge < -0.3 is 14.9 Å². The Morgan fingerprint density at radius 1 is 1.40 bits per heavy atom. The summed E-state index contributed by atoms with van der Waals surface area (Å²) >= 11 is 0. The van der Waals surface area contributed by atoms with Crippen molar-refractivity contribution < 1.29 is 5.11 Å². The molecule has 1 fully saturated rings. The second kappa shape index (κ2) is 6.46. The van der Waals surface area contributed by atoms with Crippen molar-refractivity contribution in [2.75, 3.05) is 40.3 Å². The van der Waals surface area contributed by atoms with Crippen LogP contribution in [0.5, 0.6) is 0 Å². The maximum absolute atomic E-state index is 9.77. The lowest BCUT2D eigenvalue weighted by Crippen LogP contribution is -2.43. The lowest BCUT2D eigenvalue weighted by Gasteiger charge is -2.35. The fraction of sp³-hybridized carbons (Fsp3) is 1.00. The fourth-order valence-electron chi connectivity index (χ4n) is 2.31. The van der Waals surface area contributed by atoms with Crippen LogP contribution in [-0.4, -0.2) is 61.3 Å². The van der Waals surface area contributed by atoms with Gasteiger partial charge in [0.2, 0.25) is 0 Å². The molecule has 0 bridgehead atoms. The molecule has 3 heteroatoms. The molecular formula is C12H26N2O. The van der Waals surface area contributed by atoms with E-state index in [1.165, 1.54) is 13.0 Å². The molecule has 0 radical (unpaired) electrons. The van der Waals surface area contributed by atoms with Crippen LogP contribution in [0, 0.1) is 5.92 Å². The van der Waals surface area contributed by atoms with Crippen molar-refractivity contribution in [1.82, 2.24) is 9.80 Å². The Balaban J connectivity index is 2.20. The first-order valence-electron chi connectivity index (χ1n) is 6.18. The Morgan fingerprint density at radius 2 is 2.13 bits per heavy atom. The number of likely N-dealkylation sites (tertiary alicyclic amines) is 1. The third kappa shape index (κ3) is 4.49. The normalized spacial score (nSPS) is 28.6. The number of hydrogen-bond acceptors (Lipinski definition) is 3. The topological polar surface area (TPSA) is 26.7 Å². The molecule has 1 aliphatic heterocycles. The van der Waals surface area contributed by atoms with Gasteiger partial charge in [-0.15, -0.1) is 0 Å². The molecule has 1 aliphatic rings. The molecule has 1 N–H and O–H groups in total. The van der Waals surface area contributed by atoms with Crippen LogP contribution in [0.1, 0.15) is 26.2 Å². The molecule has 90 valence electrons. The molecule has 2 unspecified atom stereocenters. The molecule has 1 saturated heterocycles. The Kier molecular flexibility index (Phi) is 5.58. The zero-order valence-corrected chi connectivity index (χ0v) is 10.4. The predicted octanol–water partition coefficient (Wildman–Crippen LogP) is 1.03. The second-order valence-corrected chi connectivity index (χ2v) is 4.98. The minimum atomic E-state index is -0.0555. The van der Waals surface area contributed by atoms with E-state index >= 15 is 0 Å². The lowest BCUT2D eigenvalue weighted by atomic mass is 9.92. The van der Waals surface area contributed by atoms with E-state index in [0.717, 1.165) is 32.5 Å². The number of hydrogen-bond donors (Lipinski definition) is 1. The number of aliphatic hydroxyl groups excluding tert-OH is 1. The summed E-state index contributed by atoms with van der Waals surface area (Å²) in [5, 5.41) is 9.77. The van der Waals surface area contributed by atoms with Crippen LogP contribution in [0.15, 0.2) is 0 Å². The summed E-state index contributed by atoms with van der Waals surface area (Å²) in [4.78, 5) is 4.74. The van der Waals surface area contributed by atoms with Gasteiger partial charge in [0.1, 0.15) is 0 Å². The van der Waals surface area contributed by atoms with Crippen molar-refractivity contribution >= 4 is 0 Å². The van der Waals surface area contributed by atoms with Crippen molar-refractivity contribution in [2.24, 2.45) is 5.92 Å².